The number of allylic oxidation sites excluding steroid dienone is 7. The van der Waals surface area contributed by atoms with Crippen molar-refractivity contribution in [2.75, 3.05) is 57.7 Å². The largest absolute Gasteiger partial charge is 0.491 e. The zero-order chi connectivity index (χ0) is 22.4. The molecule has 0 fully saturated rings. The zero-order valence-corrected chi connectivity index (χ0v) is 18.8. The fourth-order valence-electron chi connectivity index (χ4n) is 4.21. The molecule has 0 amide bonds. The highest BCUT2D eigenvalue weighted by Crippen LogP contribution is 2.47. The van der Waals surface area contributed by atoms with E-state index in [-0.39, 0.29) is 11.2 Å². The summed E-state index contributed by atoms with van der Waals surface area (Å²) in [5.41, 5.74) is 3.99. The van der Waals surface area contributed by atoms with E-state index in [2.05, 4.69) is 49.1 Å². The normalized spacial score (nSPS) is 25.5. The maximum Gasteiger partial charge on any atom is 0.186 e. The van der Waals surface area contributed by atoms with Gasteiger partial charge in [0.05, 0.1) is 39.6 Å². The molecule has 1 aliphatic carbocycles. The third-order valence-electron chi connectivity index (χ3n) is 5.90. The first-order valence-corrected chi connectivity index (χ1v) is 11.2. The second kappa shape index (κ2) is 10.3. The third-order valence-corrected chi connectivity index (χ3v) is 5.90. The predicted octanol–water partition coefficient (Wildman–Crippen LogP) is 3.70. The second-order valence-electron chi connectivity index (χ2n) is 8.40. The standard InChI is InChI=1S/C26H31NO5/c1-26(2)22-5-3-4-6-23(22)27-11-12-29-13-14-30-15-16-31-17-18-32-21-8-9-24(28)20(19-21)7-10-25(26)27/h3-10,19H,11-18H2,1-2H3/b20-7-,25-10+. The van der Waals surface area contributed by atoms with Crippen LogP contribution < -0.4 is 4.90 Å². The minimum Gasteiger partial charge on any atom is -0.491 e. The lowest BCUT2D eigenvalue weighted by Crippen LogP contribution is -2.29. The molecule has 0 atom stereocenters. The van der Waals surface area contributed by atoms with Gasteiger partial charge in [0.25, 0.3) is 0 Å². The maximum atomic E-state index is 12.5. The van der Waals surface area contributed by atoms with Crippen molar-refractivity contribution in [3.05, 3.63) is 77.2 Å². The van der Waals surface area contributed by atoms with Crippen LogP contribution in [0, 0.1) is 0 Å². The van der Waals surface area contributed by atoms with Crippen molar-refractivity contribution < 1.29 is 23.7 Å². The van der Waals surface area contributed by atoms with Gasteiger partial charge in [-0.15, -0.1) is 0 Å². The number of nitrogens with zero attached hydrogens (tertiary/aromatic N) is 1. The van der Waals surface area contributed by atoms with E-state index in [1.54, 1.807) is 18.2 Å². The number of carbonyl (C=O) groups excluding carboxylic acids is 1. The first-order valence-electron chi connectivity index (χ1n) is 11.2. The van der Waals surface area contributed by atoms with E-state index in [0.717, 1.165) is 12.2 Å². The number of rotatable bonds is 0. The summed E-state index contributed by atoms with van der Waals surface area (Å²) in [6, 6.07) is 8.45. The summed E-state index contributed by atoms with van der Waals surface area (Å²) in [5.74, 6) is 0.628. The Balaban J connectivity index is 1.64. The molecule has 0 spiro atoms. The average Bonchev–Trinajstić information content (AvgIpc) is 3.00. The van der Waals surface area contributed by atoms with E-state index in [1.807, 2.05) is 6.08 Å². The number of fused-ring (bicyclic) bond motifs is 4. The third kappa shape index (κ3) is 5.04. The molecule has 2 heterocycles. The summed E-state index contributed by atoms with van der Waals surface area (Å²) in [6.07, 6.45) is 9.00. The molecule has 32 heavy (non-hydrogen) atoms. The minimum absolute atomic E-state index is 0.0308. The van der Waals surface area contributed by atoms with Crippen LogP contribution in [0.2, 0.25) is 0 Å². The zero-order valence-electron chi connectivity index (χ0n) is 18.8. The summed E-state index contributed by atoms with van der Waals surface area (Å²) in [7, 11) is 0. The highest BCUT2D eigenvalue weighted by Gasteiger charge is 2.39. The van der Waals surface area contributed by atoms with E-state index < -0.39 is 0 Å². The molecule has 0 unspecified atom stereocenters. The molecular weight excluding hydrogens is 406 g/mol. The first kappa shape index (κ1) is 22.5. The highest BCUT2D eigenvalue weighted by atomic mass is 16.6. The Morgan fingerprint density at radius 2 is 1.53 bits per heavy atom. The van der Waals surface area contributed by atoms with E-state index in [4.69, 9.17) is 18.9 Å². The molecule has 6 nitrogen and oxygen atoms in total. The molecule has 0 radical (unpaired) electrons. The Kier molecular flexibility index (Phi) is 7.25. The molecule has 170 valence electrons. The number of hydrogen-bond donors (Lipinski definition) is 0. The smallest absolute Gasteiger partial charge is 0.186 e. The molecule has 1 aromatic rings. The molecular formula is C26H31NO5. The van der Waals surface area contributed by atoms with Crippen LogP contribution in [0.25, 0.3) is 0 Å². The monoisotopic (exact) mass is 437 g/mol. The van der Waals surface area contributed by atoms with Gasteiger partial charge < -0.3 is 23.8 Å². The lowest BCUT2D eigenvalue weighted by atomic mass is 9.83. The molecule has 0 N–H and O–H groups in total. The number of ether oxygens (including phenoxy) is 4. The summed E-state index contributed by atoms with van der Waals surface area (Å²) in [4.78, 5) is 14.8. The van der Waals surface area contributed by atoms with Crippen molar-refractivity contribution in [3.63, 3.8) is 0 Å². The van der Waals surface area contributed by atoms with Gasteiger partial charge in [0, 0.05) is 28.9 Å². The summed E-state index contributed by atoms with van der Waals surface area (Å²) in [5, 5.41) is 0. The van der Waals surface area contributed by atoms with Crippen LogP contribution in [-0.4, -0.2) is 58.6 Å². The van der Waals surface area contributed by atoms with Gasteiger partial charge in [-0.05, 0) is 42.0 Å². The number of hydrogen-bond acceptors (Lipinski definition) is 6. The van der Waals surface area contributed by atoms with E-state index in [0.29, 0.717) is 57.6 Å². The molecule has 0 aromatic heterocycles. The fraction of sp³-hybridized carbons (Fsp3) is 0.423. The van der Waals surface area contributed by atoms with Crippen molar-refractivity contribution in [2.45, 2.75) is 19.3 Å². The van der Waals surface area contributed by atoms with Gasteiger partial charge in [0.15, 0.2) is 5.78 Å². The predicted molar refractivity (Wildman–Crippen MR) is 124 cm³/mol. The molecule has 1 aromatic carbocycles. The Hall–Kier alpha value is -2.67. The van der Waals surface area contributed by atoms with Gasteiger partial charge in [-0.3, -0.25) is 4.79 Å². The van der Waals surface area contributed by atoms with Crippen molar-refractivity contribution in [2.24, 2.45) is 0 Å². The Labute approximate surface area is 189 Å². The molecule has 2 aliphatic heterocycles. The fourth-order valence-corrected chi connectivity index (χ4v) is 4.21. The van der Waals surface area contributed by atoms with Gasteiger partial charge in [-0.25, -0.2) is 0 Å². The Bertz CT molecular complexity index is 957. The van der Waals surface area contributed by atoms with Crippen molar-refractivity contribution >= 4 is 11.5 Å². The van der Waals surface area contributed by atoms with Crippen molar-refractivity contribution in [1.82, 2.24) is 0 Å². The number of benzene rings is 1. The van der Waals surface area contributed by atoms with Crippen LogP contribution >= 0.6 is 0 Å². The second-order valence-corrected chi connectivity index (χ2v) is 8.40. The van der Waals surface area contributed by atoms with Crippen LogP contribution in [0.15, 0.2) is 71.7 Å². The van der Waals surface area contributed by atoms with Crippen molar-refractivity contribution in [3.8, 4) is 0 Å². The molecule has 3 aliphatic rings. The van der Waals surface area contributed by atoms with Gasteiger partial charge >= 0.3 is 0 Å². The van der Waals surface area contributed by atoms with Crippen LogP contribution in [0.4, 0.5) is 5.69 Å². The summed E-state index contributed by atoms with van der Waals surface area (Å²) < 4.78 is 22.7. The van der Waals surface area contributed by atoms with Gasteiger partial charge in [0.2, 0.25) is 0 Å². The maximum absolute atomic E-state index is 12.5. The van der Waals surface area contributed by atoms with Gasteiger partial charge in [-0.2, -0.15) is 0 Å². The number of anilines is 1. The van der Waals surface area contributed by atoms with Gasteiger partial charge in [0.1, 0.15) is 12.4 Å². The Morgan fingerprint density at radius 1 is 0.844 bits per heavy atom. The van der Waals surface area contributed by atoms with Crippen LogP contribution in [0.1, 0.15) is 19.4 Å². The van der Waals surface area contributed by atoms with E-state index in [1.165, 1.54) is 11.3 Å². The van der Waals surface area contributed by atoms with Crippen LogP contribution in [-0.2, 0) is 29.2 Å². The molecule has 4 rings (SSSR count). The van der Waals surface area contributed by atoms with Crippen molar-refractivity contribution in [1.29, 1.82) is 0 Å². The number of para-hydroxylation sites is 1. The highest BCUT2D eigenvalue weighted by molar-refractivity contribution is 6.07. The number of carbonyl (C=O) groups is 1. The molecule has 0 saturated carbocycles. The Morgan fingerprint density at radius 3 is 2.31 bits per heavy atom. The van der Waals surface area contributed by atoms with Crippen LogP contribution in [0.5, 0.6) is 0 Å². The topological polar surface area (TPSA) is 57.2 Å². The lowest BCUT2D eigenvalue weighted by Gasteiger charge is -2.27. The minimum atomic E-state index is -0.191. The summed E-state index contributed by atoms with van der Waals surface area (Å²) in [6.45, 7) is 8.72. The molecule has 0 saturated heterocycles. The molecule has 6 heteroatoms. The summed E-state index contributed by atoms with van der Waals surface area (Å²) >= 11 is 0. The van der Waals surface area contributed by atoms with E-state index >= 15 is 0 Å². The first-order chi connectivity index (χ1) is 15.6. The number of ketones is 1. The quantitative estimate of drug-likeness (QED) is 0.617. The van der Waals surface area contributed by atoms with Gasteiger partial charge in [-0.1, -0.05) is 32.0 Å². The molecule has 2 bridgehead atoms. The van der Waals surface area contributed by atoms with Crippen LogP contribution in [0.3, 0.4) is 0 Å². The van der Waals surface area contributed by atoms with E-state index in [9.17, 15) is 4.79 Å². The lowest BCUT2D eigenvalue weighted by molar-refractivity contribution is -0.111. The average molecular weight is 438 g/mol. The SMILES string of the molecule is CC1(C)/C2=C\C=C3\C=C(C=CC3=O)OCCOCCOCCOCCN2c2ccccc21.